The Morgan fingerprint density at radius 2 is 1.57 bits per heavy atom. The van der Waals surface area contributed by atoms with Crippen molar-refractivity contribution >= 4 is 18.0 Å². The van der Waals surface area contributed by atoms with Crippen LogP contribution in [0.5, 0.6) is 0 Å². The second kappa shape index (κ2) is 10.5. The first-order valence-corrected chi connectivity index (χ1v) is 12.0. The SMILES string of the molecule is CN(C)CCC(NC(=O)OCC1c2ccccc2-c2ccccc21)C(=O)N(C)C1CC(C(=O)O)C1. The Labute approximate surface area is 205 Å². The average molecular weight is 480 g/mol. The monoisotopic (exact) mass is 479 g/mol. The summed E-state index contributed by atoms with van der Waals surface area (Å²) in [5.41, 5.74) is 4.55. The Hall–Kier alpha value is -3.39. The molecule has 1 atom stereocenters. The van der Waals surface area contributed by atoms with Gasteiger partial charge < -0.3 is 25.0 Å². The number of fused-ring (bicyclic) bond motifs is 3. The van der Waals surface area contributed by atoms with Crippen molar-refractivity contribution in [3.05, 3.63) is 59.7 Å². The molecule has 0 aromatic heterocycles. The van der Waals surface area contributed by atoms with E-state index in [9.17, 15) is 14.4 Å². The molecule has 2 aromatic carbocycles. The number of amides is 2. The Kier molecular flexibility index (Phi) is 7.40. The molecule has 35 heavy (non-hydrogen) atoms. The van der Waals surface area contributed by atoms with Crippen LogP contribution in [0.4, 0.5) is 4.79 Å². The van der Waals surface area contributed by atoms with E-state index in [1.807, 2.05) is 43.3 Å². The lowest BCUT2D eigenvalue weighted by Gasteiger charge is -2.40. The van der Waals surface area contributed by atoms with Gasteiger partial charge in [0, 0.05) is 19.0 Å². The van der Waals surface area contributed by atoms with Gasteiger partial charge in [-0.15, -0.1) is 0 Å². The van der Waals surface area contributed by atoms with E-state index < -0.39 is 24.0 Å². The van der Waals surface area contributed by atoms with Gasteiger partial charge in [0.15, 0.2) is 0 Å². The third kappa shape index (κ3) is 5.32. The first kappa shape index (κ1) is 24.7. The van der Waals surface area contributed by atoms with Crippen LogP contribution >= 0.6 is 0 Å². The fourth-order valence-electron chi connectivity index (χ4n) is 4.96. The fraction of sp³-hybridized carbons (Fsp3) is 0.444. The van der Waals surface area contributed by atoms with E-state index in [2.05, 4.69) is 29.6 Å². The van der Waals surface area contributed by atoms with E-state index in [1.54, 1.807) is 11.9 Å². The van der Waals surface area contributed by atoms with Gasteiger partial charge in [-0.2, -0.15) is 0 Å². The van der Waals surface area contributed by atoms with E-state index in [0.717, 1.165) is 22.3 Å². The lowest BCUT2D eigenvalue weighted by atomic mass is 9.79. The lowest BCUT2D eigenvalue weighted by molar-refractivity contribution is -0.150. The Balaban J connectivity index is 1.39. The van der Waals surface area contributed by atoms with Gasteiger partial charge in [0.2, 0.25) is 5.91 Å². The van der Waals surface area contributed by atoms with Crippen LogP contribution in [0.3, 0.4) is 0 Å². The molecule has 0 saturated heterocycles. The molecule has 186 valence electrons. The molecule has 8 nitrogen and oxygen atoms in total. The molecule has 2 aromatic rings. The minimum atomic E-state index is -0.831. The normalized spacial score (nSPS) is 19.3. The summed E-state index contributed by atoms with van der Waals surface area (Å²) in [6, 6.07) is 15.4. The van der Waals surface area contributed by atoms with Gasteiger partial charge in [0.05, 0.1) is 5.92 Å². The maximum absolute atomic E-state index is 13.2. The third-order valence-corrected chi connectivity index (χ3v) is 7.16. The van der Waals surface area contributed by atoms with Crippen LogP contribution < -0.4 is 5.32 Å². The molecule has 1 unspecified atom stereocenters. The molecule has 2 amide bonds. The highest BCUT2D eigenvalue weighted by Gasteiger charge is 2.40. The third-order valence-electron chi connectivity index (χ3n) is 7.16. The van der Waals surface area contributed by atoms with E-state index in [4.69, 9.17) is 9.84 Å². The minimum Gasteiger partial charge on any atom is -0.481 e. The van der Waals surface area contributed by atoms with E-state index in [0.29, 0.717) is 25.8 Å². The van der Waals surface area contributed by atoms with Crippen LogP contribution in [0.25, 0.3) is 11.1 Å². The van der Waals surface area contributed by atoms with Crippen LogP contribution in [0, 0.1) is 5.92 Å². The molecule has 0 heterocycles. The summed E-state index contributed by atoms with van der Waals surface area (Å²) in [6.07, 6.45) is 0.663. The number of aliphatic carboxylic acids is 1. The van der Waals surface area contributed by atoms with Crippen LogP contribution in [0.1, 0.15) is 36.3 Å². The van der Waals surface area contributed by atoms with Gasteiger partial charge in [0.1, 0.15) is 12.6 Å². The van der Waals surface area contributed by atoms with Gasteiger partial charge in [-0.3, -0.25) is 9.59 Å². The van der Waals surface area contributed by atoms with Crippen molar-refractivity contribution in [2.45, 2.75) is 37.3 Å². The number of rotatable bonds is 9. The number of nitrogens with zero attached hydrogens (tertiary/aromatic N) is 2. The molecule has 1 fully saturated rings. The number of hydrogen-bond acceptors (Lipinski definition) is 5. The zero-order valence-corrected chi connectivity index (χ0v) is 20.4. The van der Waals surface area contributed by atoms with Gasteiger partial charge in [-0.05, 0) is 62.2 Å². The fourth-order valence-corrected chi connectivity index (χ4v) is 4.96. The quantitative estimate of drug-likeness (QED) is 0.573. The number of carboxylic acid groups (broad SMARTS) is 1. The minimum absolute atomic E-state index is 0.0605. The average Bonchev–Trinajstić information content (AvgIpc) is 3.12. The largest absolute Gasteiger partial charge is 0.481 e. The van der Waals surface area contributed by atoms with E-state index in [1.165, 1.54) is 0 Å². The Bertz CT molecular complexity index is 1050. The molecule has 2 N–H and O–H groups in total. The van der Waals surface area contributed by atoms with Crippen molar-refractivity contribution in [1.82, 2.24) is 15.1 Å². The summed E-state index contributed by atoms with van der Waals surface area (Å²) in [7, 11) is 5.48. The second-order valence-electron chi connectivity index (χ2n) is 9.72. The number of likely N-dealkylation sites (N-methyl/N-ethyl adjacent to an activating group) is 1. The van der Waals surface area contributed by atoms with E-state index >= 15 is 0 Å². The van der Waals surface area contributed by atoms with Crippen LogP contribution in [0.2, 0.25) is 0 Å². The molecular formula is C27H33N3O5. The van der Waals surface area contributed by atoms with E-state index in [-0.39, 0.29) is 24.5 Å². The van der Waals surface area contributed by atoms with Gasteiger partial charge >= 0.3 is 12.1 Å². The lowest BCUT2D eigenvalue weighted by Crippen LogP contribution is -2.55. The molecule has 0 spiro atoms. The first-order valence-electron chi connectivity index (χ1n) is 12.0. The molecule has 0 bridgehead atoms. The number of carbonyl (C=O) groups excluding carboxylic acids is 2. The molecular weight excluding hydrogens is 446 g/mol. The zero-order chi connectivity index (χ0) is 25.1. The summed E-state index contributed by atoms with van der Waals surface area (Å²) in [5.74, 6) is -1.53. The van der Waals surface area contributed by atoms with Crippen molar-refractivity contribution < 1.29 is 24.2 Å². The first-order chi connectivity index (χ1) is 16.8. The second-order valence-corrected chi connectivity index (χ2v) is 9.72. The highest BCUT2D eigenvalue weighted by Crippen LogP contribution is 2.44. The Morgan fingerprint density at radius 3 is 2.11 bits per heavy atom. The highest BCUT2D eigenvalue weighted by molar-refractivity contribution is 5.86. The number of ether oxygens (including phenoxy) is 1. The van der Waals surface area contributed by atoms with Crippen molar-refractivity contribution in [2.75, 3.05) is 34.3 Å². The number of alkyl carbamates (subject to hydrolysis) is 1. The molecule has 2 aliphatic rings. The van der Waals surface area contributed by atoms with Gasteiger partial charge in [0.25, 0.3) is 0 Å². The molecule has 2 aliphatic carbocycles. The molecule has 4 rings (SSSR count). The maximum atomic E-state index is 13.2. The summed E-state index contributed by atoms with van der Waals surface area (Å²) >= 11 is 0. The predicted molar refractivity (Wildman–Crippen MR) is 132 cm³/mol. The molecule has 8 heteroatoms. The maximum Gasteiger partial charge on any atom is 0.407 e. The van der Waals surface area contributed by atoms with Crippen molar-refractivity contribution in [1.29, 1.82) is 0 Å². The van der Waals surface area contributed by atoms with Crippen LogP contribution in [0.15, 0.2) is 48.5 Å². The van der Waals surface area contributed by atoms with Crippen molar-refractivity contribution in [3.8, 4) is 11.1 Å². The van der Waals surface area contributed by atoms with Crippen LogP contribution in [-0.2, 0) is 14.3 Å². The van der Waals surface area contributed by atoms with Gasteiger partial charge in [-0.25, -0.2) is 4.79 Å². The Morgan fingerprint density at radius 1 is 1.00 bits per heavy atom. The standard InChI is InChI=1S/C27H33N3O5/c1-29(2)13-12-24(25(31)30(3)18-14-17(15-18)26(32)33)28-27(34)35-16-23-21-10-6-4-8-19(21)20-9-5-7-11-22(20)23/h4-11,17-18,23-24H,12-16H2,1-3H3,(H,28,34)(H,32,33). The van der Waals surface area contributed by atoms with Crippen molar-refractivity contribution in [3.63, 3.8) is 0 Å². The number of hydrogen-bond donors (Lipinski definition) is 2. The van der Waals surface area contributed by atoms with Crippen molar-refractivity contribution in [2.24, 2.45) is 5.92 Å². The number of nitrogens with one attached hydrogen (secondary N) is 1. The van der Waals surface area contributed by atoms with Crippen LogP contribution in [-0.4, -0.2) is 79.3 Å². The highest BCUT2D eigenvalue weighted by atomic mass is 16.5. The summed E-state index contributed by atoms with van der Waals surface area (Å²) < 4.78 is 5.64. The molecule has 1 saturated carbocycles. The van der Waals surface area contributed by atoms with Gasteiger partial charge in [-0.1, -0.05) is 48.5 Å². The number of carbonyl (C=O) groups is 3. The summed E-state index contributed by atoms with van der Waals surface area (Å²) in [4.78, 5) is 40.6. The zero-order valence-electron chi connectivity index (χ0n) is 20.4. The number of benzene rings is 2. The topological polar surface area (TPSA) is 99.2 Å². The smallest absolute Gasteiger partial charge is 0.407 e. The summed E-state index contributed by atoms with van der Waals surface area (Å²) in [5, 5.41) is 11.9. The molecule has 0 aliphatic heterocycles. The summed E-state index contributed by atoms with van der Waals surface area (Å²) in [6.45, 7) is 0.781. The molecule has 0 radical (unpaired) electrons. The predicted octanol–water partition coefficient (Wildman–Crippen LogP) is 3.17. The number of carboxylic acids is 1.